The second-order valence-corrected chi connectivity index (χ2v) is 18.7. The fourth-order valence-electron chi connectivity index (χ4n) is 11.1. The molecule has 2 heterocycles. The molecule has 0 aliphatic heterocycles. The lowest BCUT2D eigenvalue weighted by Gasteiger charge is -2.15. The molecule has 2 heteroatoms. The van der Waals surface area contributed by atoms with E-state index in [1.807, 2.05) is 0 Å². The van der Waals surface area contributed by atoms with Gasteiger partial charge in [-0.2, -0.15) is 0 Å². The van der Waals surface area contributed by atoms with Crippen LogP contribution in [0.25, 0.3) is 144 Å². The summed E-state index contributed by atoms with van der Waals surface area (Å²) in [6.45, 7) is 0. The third-order valence-electron chi connectivity index (χ3n) is 14.5. The molecule has 0 saturated heterocycles. The van der Waals surface area contributed by atoms with Gasteiger partial charge in [-0.15, -0.1) is 0 Å². The number of fused-ring (bicyclic) bond motifs is 7. The topological polar surface area (TPSA) is 26.3 Å². The molecule has 0 fully saturated rings. The summed E-state index contributed by atoms with van der Waals surface area (Å²) >= 11 is 0. The number of benzene rings is 12. The lowest BCUT2D eigenvalue weighted by atomic mass is 9.86. The summed E-state index contributed by atoms with van der Waals surface area (Å²) in [6, 6.07) is 95.8. The molecule has 0 spiro atoms. The van der Waals surface area contributed by atoms with Crippen LogP contribution in [0.15, 0.2) is 276 Å². The highest BCUT2D eigenvalue weighted by Crippen LogP contribution is 2.53. The first-order valence-electron chi connectivity index (χ1n) is 24.6. The van der Waals surface area contributed by atoms with Gasteiger partial charge in [0.1, 0.15) is 22.7 Å². The number of rotatable bonds is 8. The first-order valence-corrected chi connectivity index (χ1v) is 24.6. The highest BCUT2D eigenvalue weighted by atomic mass is 16.3. The lowest BCUT2D eigenvalue weighted by Crippen LogP contribution is -1.90. The second-order valence-electron chi connectivity index (χ2n) is 18.7. The molecule has 0 aliphatic rings. The Hall–Kier alpha value is -9.50. The fraction of sp³-hybridized carbons (Fsp3) is 0. The average Bonchev–Trinajstić information content (AvgIpc) is 4.05. The molecule has 72 heavy (non-hydrogen) atoms. The molecule has 0 radical (unpaired) electrons. The number of hydrogen-bond donors (Lipinski definition) is 0. The summed E-state index contributed by atoms with van der Waals surface area (Å²) in [5.41, 5.74) is 16.9. The van der Waals surface area contributed by atoms with E-state index in [0.717, 1.165) is 111 Å². The highest BCUT2D eigenvalue weighted by Gasteiger charge is 2.29. The maximum atomic E-state index is 7.47. The minimum absolute atomic E-state index is 0.813. The van der Waals surface area contributed by atoms with Crippen molar-refractivity contribution in [3.8, 4) is 89.4 Å². The van der Waals surface area contributed by atoms with E-state index in [0.29, 0.717) is 0 Å². The van der Waals surface area contributed by atoms with Gasteiger partial charge < -0.3 is 8.83 Å². The summed E-state index contributed by atoms with van der Waals surface area (Å²) < 4.78 is 14.9. The van der Waals surface area contributed by atoms with E-state index in [2.05, 4.69) is 267 Å². The van der Waals surface area contributed by atoms with E-state index < -0.39 is 0 Å². The summed E-state index contributed by atoms with van der Waals surface area (Å²) in [4.78, 5) is 0. The van der Waals surface area contributed by atoms with Crippen LogP contribution >= 0.6 is 0 Å². The van der Waals surface area contributed by atoms with Crippen molar-refractivity contribution in [3.63, 3.8) is 0 Å². The van der Waals surface area contributed by atoms with Gasteiger partial charge in [0.25, 0.3) is 0 Å². The monoisotopic (exact) mass is 916 g/mol. The van der Waals surface area contributed by atoms with Crippen LogP contribution in [-0.2, 0) is 0 Å². The van der Waals surface area contributed by atoms with E-state index in [1.165, 1.54) is 32.7 Å². The van der Waals surface area contributed by atoms with Crippen molar-refractivity contribution in [2.45, 2.75) is 0 Å². The Morgan fingerprint density at radius 2 is 0.597 bits per heavy atom. The van der Waals surface area contributed by atoms with Gasteiger partial charge in [-0.25, -0.2) is 0 Å². The quantitative estimate of drug-likeness (QED) is 0.152. The van der Waals surface area contributed by atoms with Gasteiger partial charge in [0.15, 0.2) is 0 Å². The molecule has 2 aromatic heterocycles. The van der Waals surface area contributed by atoms with Crippen molar-refractivity contribution in [1.29, 1.82) is 0 Å². The van der Waals surface area contributed by atoms with Crippen LogP contribution in [-0.4, -0.2) is 0 Å². The summed E-state index contributed by atoms with van der Waals surface area (Å²) in [5, 5.41) is 8.97. The summed E-state index contributed by atoms with van der Waals surface area (Å²) in [5.74, 6) is 1.65. The molecular formula is C70H44O2. The average molecular weight is 917 g/mol. The van der Waals surface area contributed by atoms with Crippen molar-refractivity contribution in [3.05, 3.63) is 267 Å². The second kappa shape index (κ2) is 17.2. The van der Waals surface area contributed by atoms with Gasteiger partial charge in [-0.3, -0.25) is 0 Å². The van der Waals surface area contributed by atoms with Crippen molar-refractivity contribution < 1.29 is 8.83 Å². The van der Waals surface area contributed by atoms with Crippen LogP contribution in [0.3, 0.4) is 0 Å². The van der Waals surface area contributed by atoms with Crippen LogP contribution < -0.4 is 0 Å². The third-order valence-corrected chi connectivity index (χ3v) is 14.5. The van der Waals surface area contributed by atoms with Crippen molar-refractivity contribution >= 4 is 54.3 Å². The number of hydrogen-bond acceptors (Lipinski definition) is 2. The summed E-state index contributed by atoms with van der Waals surface area (Å²) in [6.07, 6.45) is 0. The Balaban J connectivity index is 1.12. The van der Waals surface area contributed by atoms with E-state index in [1.54, 1.807) is 0 Å². The molecule has 0 bridgehead atoms. The van der Waals surface area contributed by atoms with Crippen LogP contribution in [0, 0.1) is 0 Å². The zero-order chi connectivity index (χ0) is 47.5. The van der Waals surface area contributed by atoms with Crippen LogP contribution in [0.1, 0.15) is 0 Å². The molecule has 0 amide bonds. The fourth-order valence-corrected chi connectivity index (χ4v) is 11.1. The first kappa shape index (κ1) is 41.5. The molecule has 336 valence electrons. The largest absolute Gasteiger partial charge is 0.455 e. The van der Waals surface area contributed by atoms with Crippen molar-refractivity contribution in [2.75, 3.05) is 0 Å². The number of furan rings is 2. The predicted octanol–water partition coefficient (Wildman–Crippen LogP) is 20.0. The minimum atomic E-state index is 0.813. The Bertz CT molecular complexity index is 4280. The van der Waals surface area contributed by atoms with E-state index in [-0.39, 0.29) is 0 Å². The molecule has 0 aliphatic carbocycles. The van der Waals surface area contributed by atoms with Gasteiger partial charge in [0.05, 0.1) is 0 Å². The molecule has 14 aromatic rings. The Morgan fingerprint density at radius 1 is 0.208 bits per heavy atom. The van der Waals surface area contributed by atoms with Gasteiger partial charge in [0, 0.05) is 43.8 Å². The van der Waals surface area contributed by atoms with Crippen LogP contribution in [0.2, 0.25) is 0 Å². The van der Waals surface area contributed by atoms with Gasteiger partial charge in [0.2, 0.25) is 0 Å². The smallest absolute Gasteiger partial charge is 0.144 e. The molecule has 2 nitrogen and oxygen atoms in total. The highest BCUT2D eigenvalue weighted by molar-refractivity contribution is 6.29. The Kier molecular flexibility index (Phi) is 9.89. The van der Waals surface area contributed by atoms with Gasteiger partial charge in [-0.05, 0) is 95.4 Å². The SMILES string of the molecule is c1ccc(-c2oc3c(cc(-c4ccc(-c5cccc6ccccc56)cc4)c4c5oc(-c6ccccc6)c(-c6ccccc6)c5cc(-c5ccc(-c6ccc7ccccc7c6)cc5)c34)c2-c2ccccc2)cc1. The zero-order valence-electron chi connectivity index (χ0n) is 39.2. The van der Waals surface area contributed by atoms with Crippen LogP contribution in [0.4, 0.5) is 0 Å². The Labute approximate surface area is 417 Å². The van der Waals surface area contributed by atoms with Gasteiger partial charge >= 0.3 is 0 Å². The van der Waals surface area contributed by atoms with Crippen molar-refractivity contribution in [1.82, 2.24) is 0 Å². The molecule has 0 N–H and O–H groups in total. The van der Waals surface area contributed by atoms with E-state index in [4.69, 9.17) is 8.83 Å². The van der Waals surface area contributed by atoms with Gasteiger partial charge in [-0.1, -0.05) is 249 Å². The van der Waals surface area contributed by atoms with Crippen molar-refractivity contribution in [2.24, 2.45) is 0 Å². The standard InChI is InChI=1S/C70H44O2/c1-5-20-51(21-6-1)63-61-43-59(49-35-32-46(33-36-49)56-41-34-45-18-13-14-28-55(45)42-56)65-66(70(61)72-67(63)53-24-9-3-10-25-53)60(50-39-37-48(38-40-50)58-31-17-29-47-19-15-16-30-57(47)58)44-62-64(52-22-7-2-8-23-52)68(71-69(62)65)54-26-11-4-12-27-54/h1-44H. The third kappa shape index (κ3) is 6.95. The van der Waals surface area contributed by atoms with Crippen LogP contribution in [0.5, 0.6) is 0 Å². The predicted molar refractivity (Wildman–Crippen MR) is 302 cm³/mol. The van der Waals surface area contributed by atoms with E-state index >= 15 is 0 Å². The maximum absolute atomic E-state index is 7.47. The molecule has 0 unspecified atom stereocenters. The normalized spacial score (nSPS) is 11.6. The first-order chi connectivity index (χ1) is 35.7. The molecular weight excluding hydrogens is 873 g/mol. The zero-order valence-corrected chi connectivity index (χ0v) is 39.2. The molecule has 0 saturated carbocycles. The lowest BCUT2D eigenvalue weighted by molar-refractivity contribution is 0.633. The Morgan fingerprint density at radius 3 is 1.11 bits per heavy atom. The maximum Gasteiger partial charge on any atom is 0.144 e. The summed E-state index contributed by atoms with van der Waals surface area (Å²) in [7, 11) is 0. The minimum Gasteiger partial charge on any atom is -0.455 e. The van der Waals surface area contributed by atoms with E-state index in [9.17, 15) is 0 Å². The molecule has 0 atom stereocenters. The molecule has 14 rings (SSSR count). The molecule has 12 aromatic carbocycles.